The maximum absolute atomic E-state index is 13.5. The molecule has 0 fully saturated rings. The minimum atomic E-state index is -6.03. The van der Waals surface area contributed by atoms with Gasteiger partial charge in [-0.3, -0.25) is 4.98 Å². The Morgan fingerprint density at radius 2 is 1.60 bits per heavy atom. The van der Waals surface area contributed by atoms with Gasteiger partial charge in [0.25, 0.3) is 5.60 Å². The van der Waals surface area contributed by atoms with Gasteiger partial charge < -0.3 is 5.11 Å². The number of halogens is 7. The maximum atomic E-state index is 13.5. The van der Waals surface area contributed by atoms with Gasteiger partial charge in [-0.05, 0) is 56.0 Å². The van der Waals surface area contributed by atoms with E-state index in [-0.39, 0.29) is 11.3 Å². The summed E-state index contributed by atoms with van der Waals surface area (Å²) in [4.78, 5) is 4.68. The number of benzene rings is 2. The fraction of sp³-hybridized carbons (Fsp3) is 0.296. The standard InChI is InChI=1S/C27H23ClF6N2O2S2/c1-24(2,3)40(38)36-22(17-8-4-5-10-19(17)28)21-13-15-7-6-9-18(23(15)39-21)20-14-16(11-12-35-20)25(37,26(29,30)31)27(32,33)34/h4-14,22,36-37H,1-3H3. The van der Waals surface area contributed by atoms with Gasteiger partial charge in [-0.1, -0.05) is 48.0 Å². The smallest absolute Gasteiger partial charge is 0.369 e. The van der Waals surface area contributed by atoms with Crippen LogP contribution in [0, 0.1) is 0 Å². The van der Waals surface area contributed by atoms with Crippen molar-refractivity contribution in [1.29, 1.82) is 0 Å². The molecule has 0 radical (unpaired) electrons. The van der Waals surface area contributed by atoms with Gasteiger partial charge in [-0.15, -0.1) is 11.3 Å². The van der Waals surface area contributed by atoms with Crippen molar-refractivity contribution >= 4 is 44.0 Å². The van der Waals surface area contributed by atoms with Crippen LogP contribution in [0.15, 0.2) is 66.9 Å². The zero-order valence-electron chi connectivity index (χ0n) is 21.2. The molecule has 0 amide bonds. The molecule has 2 aromatic heterocycles. The van der Waals surface area contributed by atoms with E-state index >= 15 is 0 Å². The van der Waals surface area contributed by atoms with Crippen LogP contribution in [0.25, 0.3) is 21.3 Å². The summed E-state index contributed by atoms with van der Waals surface area (Å²) >= 11 is 7.68. The lowest BCUT2D eigenvalue weighted by atomic mass is 9.91. The predicted molar refractivity (Wildman–Crippen MR) is 145 cm³/mol. The molecule has 0 aliphatic carbocycles. The van der Waals surface area contributed by atoms with Gasteiger partial charge in [0.05, 0.1) is 27.5 Å². The van der Waals surface area contributed by atoms with Crippen LogP contribution in [0.4, 0.5) is 26.3 Å². The number of thiophene rings is 1. The summed E-state index contributed by atoms with van der Waals surface area (Å²) in [7, 11) is -1.53. The summed E-state index contributed by atoms with van der Waals surface area (Å²) in [6.45, 7) is 5.39. The normalized spacial score (nSPS) is 14.9. The van der Waals surface area contributed by atoms with E-state index in [1.54, 1.807) is 63.2 Å². The molecule has 2 atom stereocenters. The molecule has 40 heavy (non-hydrogen) atoms. The lowest BCUT2D eigenvalue weighted by molar-refractivity contribution is -0.376. The number of rotatable bonds is 6. The molecule has 2 aromatic carbocycles. The number of hydrogen-bond acceptors (Lipinski definition) is 4. The topological polar surface area (TPSA) is 62.2 Å². The van der Waals surface area contributed by atoms with Gasteiger partial charge in [0.2, 0.25) is 0 Å². The highest BCUT2D eigenvalue weighted by Gasteiger charge is 2.71. The Balaban J connectivity index is 1.87. The summed E-state index contributed by atoms with van der Waals surface area (Å²) in [5.74, 6) is 0. The number of alkyl halides is 6. The molecule has 0 aliphatic heterocycles. The van der Waals surface area contributed by atoms with E-state index in [1.807, 2.05) is 0 Å². The number of aliphatic hydroxyl groups is 1. The van der Waals surface area contributed by atoms with Crippen molar-refractivity contribution < 1.29 is 35.7 Å². The van der Waals surface area contributed by atoms with Gasteiger partial charge in [0.1, 0.15) is 0 Å². The second kappa shape index (κ2) is 10.7. The quantitative estimate of drug-likeness (QED) is 0.214. The van der Waals surface area contributed by atoms with E-state index in [1.165, 1.54) is 17.4 Å². The number of pyridine rings is 1. The summed E-state index contributed by atoms with van der Waals surface area (Å²) in [6, 6.07) is 14.0. The van der Waals surface area contributed by atoms with Crippen molar-refractivity contribution in [2.75, 3.05) is 0 Å². The largest absolute Gasteiger partial charge is 0.430 e. The predicted octanol–water partition coefficient (Wildman–Crippen LogP) is 8.07. The Morgan fingerprint density at radius 1 is 0.950 bits per heavy atom. The van der Waals surface area contributed by atoms with Crippen LogP contribution in [0.2, 0.25) is 5.02 Å². The van der Waals surface area contributed by atoms with Crippen molar-refractivity contribution in [3.8, 4) is 11.3 Å². The Labute approximate surface area is 237 Å². The Kier molecular flexibility index (Phi) is 8.16. The van der Waals surface area contributed by atoms with Crippen molar-refractivity contribution in [2.24, 2.45) is 0 Å². The van der Waals surface area contributed by atoms with Crippen LogP contribution < -0.4 is 4.72 Å². The molecular weight excluding hydrogens is 598 g/mol. The number of fused-ring (bicyclic) bond motifs is 1. The molecule has 0 spiro atoms. The molecule has 4 aromatic rings. The van der Waals surface area contributed by atoms with E-state index in [4.69, 9.17) is 11.6 Å². The van der Waals surface area contributed by atoms with Gasteiger partial charge in [0.15, 0.2) is 0 Å². The Morgan fingerprint density at radius 3 is 2.20 bits per heavy atom. The third kappa shape index (κ3) is 5.64. The van der Waals surface area contributed by atoms with Gasteiger partial charge in [0, 0.05) is 31.9 Å². The lowest BCUT2D eigenvalue weighted by Gasteiger charge is -2.32. The third-order valence-corrected chi connectivity index (χ3v) is 9.27. The first-order valence-electron chi connectivity index (χ1n) is 11.7. The summed E-state index contributed by atoms with van der Waals surface area (Å²) < 4.78 is 97.2. The zero-order valence-corrected chi connectivity index (χ0v) is 23.6. The van der Waals surface area contributed by atoms with Crippen molar-refractivity contribution in [3.63, 3.8) is 0 Å². The Bertz CT molecular complexity index is 1550. The molecule has 2 N–H and O–H groups in total. The number of nitrogens with zero attached hydrogens (tertiary/aromatic N) is 1. The molecule has 2 heterocycles. The van der Waals surface area contributed by atoms with Gasteiger partial charge in [-0.2, -0.15) is 26.3 Å². The molecule has 4 nitrogen and oxygen atoms in total. The van der Waals surface area contributed by atoms with E-state index in [9.17, 15) is 35.7 Å². The maximum Gasteiger partial charge on any atom is 0.430 e. The van der Waals surface area contributed by atoms with E-state index in [2.05, 4.69) is 9.71 Å². The van der Waals surface area contributed by atoms with E-state index in [0.717, 1.165) is 6.20 Å². The summed E-state index contributed by atoms with van der Waals surface area (Å²) in [5.41, 5.74) is -5.78. The second-order valence-corrected chi connectivity index (χ2v) is 13.5. The average Bonchev–Trinajstić information content (AvgIpc) is 3.29. The van der Waals surface area contributed by atoms with E-state index in [0.29, 0.717) is 37.7 Å². The highest BCUT2D eigenvalue weighted by atomic mass is 35.5. The third-order valence-electron chi connectivity index (χ3n) is 6.12. The molecule has 0 saturated heterocycles. The van der Waals surface area contributed by atoms with Crippen molar-refractivity contribution in [3.05, 3.63) is 87.9 Å². The molecule has 0 saturated carbocycles. The first kappa shape index (κ1) is 30.4. The molecule has 0 aliphatic rings. The van der Waals surface area contributed by atoms with Crippen LogP contribution >= 0.6 is 22.9 Å². The first-order valence-corrected chi connectivity index (χ1v) is 14.1. The minimum absolute atomic E-state index is 0.191. The van der Waals surface area contributed by atoms with E-state index < -0.39 is 45.3 Å². The number of nitrogens with one attached hydrogen (secondary N) is 1. The lowest BCUT2D eigenvalue weighted by Crippen LogP contribution is -2.53. The molecule has 2 unspecified atom stereocenters. The summed E-state index contributed by atoms with van der Waals surface area (Å²) in [6.07, 6.45) is -11.3. The fourth-order valence-electron chi connectivity index (χ4n) is 3.99. The highest BCUT2D eigenvalue weighted by molar-refractivity contribution is 7.84. The minimum Gasteiger partial charge on any atom is -0.369 e. The SMILES string of the molecule is CC(C)(C)S(=O)NC(c1cc2cccc(-c3cc(C(O)(C(F)(F)F)C(F)(F)F)ccn3)c2s1)c1ccccc1Cl. The van der Waals surface area contributed by atoms with Gasteiger partial charge >= 0.3 is 12.4 Å². The molecule has 214 valence electrons. The number of aromatic nitrogens is 1. The van der Waals surface area contributed by atoms with Crippen LogP contribution in [0.3, 0.4) is 0 Å². The molecule has 13 heteroatoms. The van der Waals surface area contributed by atoms with Crippen LogP contribution in [-0.2, 0) is 16.6 Å². The monoisotopic (exact) mass is 620 g/mol. The second-order valence-electron chi connectivity index (χ2n) is 9.96. The Hall–Kier alpha value is -2.51. The molecule has 0 bridgehead atoms. The van der Waals surface area contributed by atoms with Crippen LogP contribution in [0.1, 0.15) is 42.8 Å². The van der Waals surface area contributed by atoms with Crippen LogP contribution in [0.5, 0.6) is 0 Å². The summed E-state index contributed by atoms with van der Waals surface area (Å²) in [5, 5.41) is 10.9. The van der Waals surface area contributed by atoms with Crippen molar-refractivity contribution in [1.82, 2.24) is 9.71 Å². The fourth-order valence-corrected chi connectivity index (χ4v) is 6.38. The molecule has 4 rings (SSSR count). The molecular formula is C27H23ClF6N2O2S2. The highest BCUT2D eigenvalue weighted by Crippen LogP contribution is 2.50. The average molecular weight is 621 g/mol. The van der Waals surface area contributed by atoms with Gasteiger partial charge in [-0.25, -0.2) is 8.93 Å². The first-order chi connectivity index (χ1) is 18.4. The van der Waals surface area contributed by atoms with Crippen molar-refractivity contribution in [2.45, 2.75) is 49.5 Å². The number of hydrogen-bond donors (Lipinski definition) is 2. The van der Waals surface area contributed by atoms with Crippen LogP contribution in [-0.4, -0.2) is 31.4 Å². The zero-order chi connectivity index (χ0) is 29.7.